The number of allylic oxidation sites excluding steroid dienone is 1. The van der Waals surface area contributed by atoms with Crippen LogP contribution in [0.4, 0.5) is 4.79 Å². The van der Waals surface area contributed by atoms with Gasteiger partial charge in [-0.2, -0.15) is 0 Å². The minimum Gasteiger partial charge on any atom is -0.449 e. The molecule has 0 saturated heterocycles. The van der Waals surface area contributed by atoms with Crippen molar-refractivity contribution in [1.82, 2.24) is 5.32 Å². The van der Waals surface area contributed by atoms with Crippen LogP contribution in [-0.2, 0) is 4.74 Å². The summed E-state index contributed by atoms with van der Waals surface area (Å²) >= 11 is 2.19. The molecule has 1 N–H and O–H groups in total. The lowest BCUT2D eigenvalue weighted by Crippen LogP contribution is -2.18. The second-order valence-corrected chi connectivity index (χ2v) is 3.07. The van der Waals surface area contributed by atoms with Gasteiger partial charge in [0.15, 0.2) is 0 Å². The number of alkyl halides is 1. The van der Waals surface area contributed by atoms with Crippen molar-refractivity contribution in [3.63, 3.8) is 0 Å². The topological polar surface area (TPSA) is 38.3 Å². The molecule has 0 aliphatic rings. The molecule has 1 amide bonds. The molecule has 0 heterocycles. The molecule has 0 bridgehead atoms. The fourth-order valence-corrected chi connectivity index (χ4v) is 0.777. The average Bonchev–Trinajstić information content (AvgIpc) is 2.06. The van der Waals surface area contributed by atoms with Crippen molar-refractivity contribution >= 4 is 28.7 Å². The highest BCUT2D eigenvalue weighted by Crippen LogP contribution is 1.88. The smallest absolute Gasteiger partial charge is 0.411 e. The van der Waals surface area contributed by atoms with E-state index in [1.165, 1.54) is 0 Å². The van der Waals surface area contributed by atoms with Gasteiger partial charge in [0, 0.05) is 10.6 Å². The highest BCUT2D eigenvalue weighted by Gasteiger charge is 1.95. The normalized spacial score (nSPS) is 10.2. The summed E-state index contributed by atoms with van der Waals surface area (Å²) in [4.78, 5) is 10.8. The summed E-state index contributed by atoms with van der Waals surface area (Å²) in [5.74, 6) is 0. The predicted molar refractivity (Wildman–Crippen MR) is 57.4 cm³/mol. The molecule has 0 aliphatic heterocycles. The largest absolute Gasteiger partial charge is 0.449 e. The van der Waals surface area contributed by atoms with Crippen molar-refractivity contribution in [2.24, 2.45) is 0 Å². The highest BCUT2D eigenvalue weighted by molar-refractivity contribution is 14.1. The first-order valence-corrected chi connectivity index (χ1v) is 5.48. The number of hydrogen-bond donors (Lipinski definition) is 1. The molecule has 4 heteroatoms. The maximum atomic E-state index is 10.8. The van der Waals surface area contributed by atoms with Crippen LogP contribution in [0.15, 0.2) is 12.3 Å². The van der Waals surface area contributed by atoms with E-state index in [1.807, 2.05) is 6.08 Å². The summed E-state index contributed by atoms with van der Waals surface area (Å²) in [5.41, 5.74) is 0. The number of nitrogens with one attached hydrogen (secondary N) is 1. The molecule has 3 nitrogen and oxygen atoms in total. The fourth-order valence-electron chi connectivity index (χ4n) is 0.522. The lowest BCUT2D eigenvalue weighted by Gasteiger charge is -2.01. The first-order chi connectivity index (χ1) is 5.81. The van der Waals surface area contributed by atoms with Crippen LogP contribution >= 0.6 is 22.6 Å². The molecule has 70 valence electrons. The molecule has 0 fully saturated rings. The number of ether oxygens (including phenoxy) is 1. The van der Waals surface area contributed by atoms with Crippen LogP contribution in [0, 0.1) is 0 Å². The lowest BCUT2D eigenvalue weighted by atomic mass is 10.4. The fraction of sp³-hybridized carbons (Fsp3) is 0.625. The van der Waals surface area contributed by atoms with E-state index in [9.17, 15) is 4.79 Å². The van der Waals surface area contributed by atoms with E-state index in [0.717, 1.165) is 17.3 Å². The molecule has 0 saturated carbocycles. The molecule has 0 aromatic rings. The van der Waals surface area contributed by atoms with Gasteiger partial charge in [-0.3, -0.25) is 5.32 Å². The van der Waals surface area contributed by atoms with E-state index in [2.05, 4.69) is 34.8 Å². The minimum atomic E-state index is -0.371. The van der Waals surface area contributed by atoms with Gasteiger partial charge in [-0.15, -0.1) is 0 Å². The Morgan fingerprint density at radius 2 is 2.42 bits per heavy atom. The molecule has 12 heavy (non-hydrogen) atoms. The summed E-state index contributed by atoms with van der Waals surface area (Å²) in [7, 11) is 0. The van der Waals surface area contributed by atoms with Crippen molar-refractivity contribution in [2.45, 2.75) is 19.8 Å². The van der Waals surface area contributed by atoms with Crippen LogP contribution in [-0.4, -0.2) is 17.1 Å². The first kappa shape index (κ1) is 11.7. The molecule has 0 aromatic carbocycles. The van der Waals surface area contributed by atoms with Crippen molar-refractivity contribution < 1.29 is 9.53 Å². The van der Waals surface area contributed by atoms with Crippen LogP contribution in [0.2, 0.25) is 0 Å². The second kappa shape index (κ2) is 8.83. The molecular formula is C8H14INO2. The Bertz CT molecular complexity index is 148. The van der Waals surface area contributed by atoms with Crippen LogP contribution in [0.25, 0.3) is 0 Å². The standard InChI is InChI=1S/C8H14INO2/c1-2-3-7-12-8(11)10-6-4-5-9/h4,6H,2-3,5,7H2,1H3,(H,10,11)/b6-4+. The summed E-state index contributed by atoms with van der Waals surface area (Å²) in [5, 5.41) is 2.50. The Morgan fingerprint density at radius 1 is 1.67 bits per heavy atom. The van der Waals surface area contributed by atoms with Crippen molar-refractivity contribution in [2.75, 3.05) is 11.0 Å². The molecule has 0 radical (unpaired) electrons. The zero-order valence-corrected chi connectivity index (χ0v) is 9.34. The maximum Gasteiger partial charge on any atom is 0.411 e. The monoisotopic (exact) mass is 283 g/mol. The number of alkyl carbamates (subject to hydrolysis) is 1. The van der Waals surface area contributed by atoms with Gasteiger partial charge in [0.05, 0.1) is 6.61 Å². The number of carbonyl (C=O) groups is 1. The molecule has 0 aliphatic carbocycles. The number of amides is 1. The average molecular weight is 283 g/mol. The Balaban J connectivity index is 3.27. The van der Waals surface area contributed by atoms with Gasteiger partial charge in [0.25, 0.3) is 0 Å². The van der Waals surface area contributed by atoms with Crippen LogP contribution in [0.5, 0.6) is 0 Å². The van der Waals surface area contributed by atoms with Crippen molar-refractivity contribution in [3.8, 4) is 0 Å². The second-order valence-electron chi connectivity index (χ2n) is 2.19. The van der Waals surface area contributed by atoms with Gasteiger partial charge in [-0.05, 0) is 6.42 Å². The third kappa shape index (κ3) is 7.84. The molecule has 0 spiro atoms. The maximum absolute atomic E-state index is 10.8. The van der Waals surface area contributed by atoms with Gasteiger partial charge in [0.2, 0.25) is 0 Å². The van der Waals surface area contributed by atoms with Crippen LogP contribution in [0.3, 0.4) is 0 Å². The van der Waals surface area contributed by atoms with E-state index in [1.54, 1.807) is 6.20 Å². The number of unbranched alkanes of at least 4 members (excludes halogenated alkanes) is 1. The lowest BCUT2D eigenvalue weighted by molar-refractivity contribution is 0.148. The zero-order chi connectivity index (χ0) is 9.23. The molecular weight excluding hydrogens is 269 g/mol. The first-order valence-electron chi connectivity index (χ1n) is 3.95. The number of halogens is 1. The summed E-state index contributed by atoms with van der Waals surface area (Å²) in [6.45, 7) is 2.55. The highest BCUT2D eigenvalue weighted by atomic mass is 127. The van der Waals surface area contributed by atoms with Gasteiger partial charge in [-0.25, -0.2) is 4.79 Å². The summed E-state index contributed by atoms with van der Waals surface area (Å²) in [6, 6.07) is 0. The van der Waals surface area contributed by atoms with E-state index < -0.39 is 0 Å². The van der Waals surface area contributed by atoms with E-state index in [-0.39, 0.29) is 6.09 Å². The van der Waals surface area contributed by atoms with Gasteiger partial charge in [0.1, 0.15) is 0 Å². The van der Waals surface area contributed by atoms with E-state index in [4.69, 9.17) is 4.74 Å². The summed E-state index contributed by atoms with van der Waals surface area (Å²) in [6.07, 6.45) is 5.03. The van der Waals surface area contributed by atoms with Gasteiger partial charge < -0.3 is 4.74 Å². The Kier molecular flexibility index (Phi) is 8.64. The Morgan fingerprint density at radius 3 is 3.00 bits per heavy atom. The third-order valence-electron chi connectivity index (χ3n) is 1.14. The van der Waals surface area contributed by atoms with E-state index >= 15 is 0 Å². The van der Waals surface area contributed by atoms with Crippen molar-refractivity contribution in [1.29, 1.82) is 0 Å². The minimum absolute atomic E-state index is 0.371. The quantitative estimate of drug-likeness (QED) is 0.478. The zero-order valence-electron chi connectivity index (χ0n) is 7.18. The SMILES string of the molecule is CCCCOC(=O)N/C=C/CI. The Labute approximate surface area is 86.7 Å². The predicted octanol–water partition coefficient (Wildman–Crippen LogP) is 2.46. The number of carbonyl (C=O) groups excluding carboxylic acids is 1. The summed E-state index contributed by atoms with van der Waals surface area (Å²) < 4.78 is 5.71. The van der Waals surface area contributed by atoms with Gasteiger partial charge >= 0.3 is 6.09 Å². The Hall–Kier alpha value is -0.260. The van der Waals surface area contributed by atoms with Gasteiger partial charge in [-0.1, -0.05) is 42.0 Å². The molecule has 0 unspecified atom stereocenters. The molecule has 0 aromatic heterocycles. The van der Waals surface area contributed by atoms with E-state index in [0.29, 0.717) is 6.61 Å². The number of hydrogen-bond acceptors (Lipinski definition) is 2. The number of rotatable bonds is 5. The third-order valence-corrected chi connectivity index (χ3v) is 1.65. The van der Waals surface area contributed by atoms with Crippen LogP contribution < -0.4 is 5.32 Å². The van der Waals surface area contributed by atoms with Crippen molar-refractivity contribution in [3.05, 3.63) is 12.3 Å². The molecule has 0 atom stereocenters. The van der Waals surface area contributed by atoms with Crippen LogP contribution in [0.1, 0.15) is 19.8 Å². The molecule has 0 rings (SSSR count).